The number of nitrogens with zero attached hydrogens (tertiary/aromatic N) is 4. The number of nitro groups is 1. The maximum absolute atomic E-state index is 13.1. The second-order valence-electron chi connectivity index (χ2n) is 7.73. The van der Waals surface area contributed by atoms with E-state index in [0.29, 0.717) is 27.5 Å². The Morgan fingerprint density at radius 3 is 2.50 bits per heavy atom. The van der Waals surface area contributed by atoms with E-state index in [0.717, 1.165) is 22.5 Å². The van der Waals surface area contributed by atoms with Crippen LogP contribution in [0.5, 0.6) is 5.75 Å². The minimum absolute atomic E-state index is 0.0280. The third-order valence-electron chi connectivity index (χ3n) is 5.45. The van der Waals surface area contributed by atoms with Crippen LogP contribution in [0, 0.1) is 10.1 Å². The number of thiocarbonyl (C=S) groups is 1. The van der Waals surface area contributed by atoms with Gasteiger partial charge in [-0.15, -0.1) is 5.11 Å². The fourth-order valence-corrected chi connectivity index (χ4v) is 4.97. The number of carbonyl (C=O) groups is 1. The summed E-state index contributed by atoms with van der Waals surface area (Å²) < 4.78 is 0.284. The van der Waals surface area contributed by atoms with Crippen LogP contribution in [0.1, 0.15) is 5.56 Å². The molecule has 36 heavy (non-hydrogen) atoms. The molecular weight excluding hydrogens is 496 g/mol. The maximum Gasteiger partial charge on any atom is 0.270 e. The first-order valence-corrected chi connectivity index (χ1v) is 11.9. The quantitative estimate of drug-likeness (QED) is 0.0990. The maximum atomic E-state index is 13.1. The predicted molar refractivity (Wildman–Crippen MR) is 145 cm³/mol. The average molecular weight is 513 g/mol. The molecule has 1 amide bonds. The largest absolute Gasteiger partial charge is 0.507 e. The molecule has 0 aliphatic carbocycles. The second kappa shape index (κ2) is 9.68. The molecule has 1 fully saturated rings. The van der Waals surface area contributed by atoms with Gasteiger partial charge in [-0.2, -0.15) is 5.11 Å². The fraction of sp³-hybridized carbons (Fsp3) is 0. The van der Waals surface area contributed by atoms with Gasteiger partial charge in [-0.05, 0) is 47.9 Å². The lowest BCUT2D eigenvalue weighted by atomic mass is 10.1. The Morgan fingerprint density at radius 2 is 1.72 bits per heavy atom. The van der Waals surface area contributed by atoms with Gasteiger partial charge in [0.1, 0.15) is 5.75 Å². The third-order valence-corrected chi connectivity index (χ3v) is 6.75. The molecule has 0 aromatic heterocycles. The molecule has 176 valence electrons. The molecule has 10 heteroatoms. The van der Waals surface area contributed by atoms with Crippen LogP contribution in [0.3, 0.4) is 0 Å². The number of carbonyl (C=O) groups excluding carboxylic acids is 1. The lowest BCUT2D eigenvalue weighted by Gasteiger charge is -2.13. The zero-order valence-corrected chi connectivity index (χ0v) is 20.1. The summed E-state index contributed by atoms with van der Waals surface area (Å²) in [6.07, 6.45) is 1.54. The third kappa shape index (κ3) is 4.59. The van der Waals surface area contributed by atoms with Crippen molar-refractivity contribution in [3.8, 4) is 5.75 Å². The number of aromatic hydroxyl groups is 1. The molecule has 1 aliphatic rings. The zero-order chi connectivity index (χ0) is 25.2. The Labute approximate surface area is 214 Å². The number of phenolic OH excluding ortho intramolecular Hbond substituents is 1. The second-order valence-corrected chi connectivity index (χ2v) is 9.41. The van der Waals surface area contributed by atoms with Gasteiger partial charge < -0.3 is 5.11 Å². The SMILES string of the molecule is O=C1/C(=C/c2cc(N=Nc3cccc4ccccc34)ccc2O)SC(=S)N1c1ccc([N+](=O)[O-])cc1. The topological polar surface area (TPSA) is 108 Å². The molecule has 0 unspecified atom stereocenters. The highest BCUT2D eigenvalue weighted by atomic mass is 32.2. The van der Waals surface area contributed by atoms with E-state index in [-0.39, 0.29) is 21.7 Å². The summed E-state index contributed by atoms with van der Waals surface area (Å²) in [5, 5.41) is 32.0. The smallest absolute Gasteiger partial charge is 0.270 e. The molecule has 1 N–H and O–H groups in total. The van der Waals surface area contributed by atoms with Crippen molar-refractivity contribution in [2.75, 3.05) is 4.90 Å². The van der Waals surface area contributed by atoms with Crippen LogP contribution in [0.25, 0.3) is 16.8 Å². The Bertz CT molecular complexity index is 1590. The van der Waals surface area contributed by atoms with Gasteiger partial charge in [0.15, 0.2) is 4.32 Å². The number of fused-ring (bicyclic) bond motifs is 1. The number of phenols is 1. The Morgan fingerprint density at radius 1 is 0.972 bits per heavy atom. The number of azo groups is 1. The normalized spacial score (nSPS) is 14.9. The van der Waals surface area contributed by atoms with Gasteiger partial charge >= 0.3 is 0 Å². The standard InChI is InChI=1S/C26H16N4O4S2/c31-23-13-8-18(27-28-22-7-3-5-16-4-1-2-6-21(16)22)14-17(23)15-24-25(32)29(26(35)36-24)19-9-11-20(12-10-19)30(33)34/h1-15,31H/b24-15-,28-27?. The van der Waals surface area contributed by atoms with Gasteiger partial charge in [0.05, 0.1) is 26.9 Å². The highest BCUT2D eigenvalue weighted by molar-refractivity contribution is 8.27. The monoisotopic (exact) mass is 512 g/mol. The Kier molecular flexibility index (Phi) is 6.28. The zero-order valence-electron chi connectivity index (χ0n) is 18.4. The van der Waals surface area contributed by atoms with E-state index >= 15 is 0 Å². The van der Waals surface area contributed by atoms with Crippen LogP contribution in [0.4, 0.5) is 22.7 Å². The molecule has 5 rings (SSSR count). The fourth-order valence-electron chi connectivity index (χ4n) is 3.68. The van der Waals surface area contributed by atoms with Crippen molar-refractivity contribution in [3.05, 3.63) is 106 Å². The molecule has 4 aromatic rings. The number of anilines is 1. The summed E-state index contributed by atoms with van der Waals surface area (Å²) in [6.45, 7) is 0. The van der Waals surface area contributed by atoms with Gasteiger partial charge in [-0.1, -0.05) is 60.4 Å². The van der Waals surface area contributed by atoms with E-state index < -0.39 is 4.92 Å². The number of non-ortho nitro benzene ring substituents is 1. The summed E-state index contributed by atoms with van der Waals surface area (Å²) in [7, 11) is 0. The molecule has 1 heterocycles. The van der Waals surface area contributed by atoms with Crippen molar-refractivity contribution in [1.82, 2.24) is 0 Å². The molecule has 0 bridgehead atoms. The average Bonchev–Trinajstić information content (AvgIpc) is 3.16. The number of thioether (sulfide) groups is 1. The van der Waals surface area contributed by atoms with E-state index in [4.69, 9.17) is 12.2 Å². The summed E-state index contributed by atoms with van der Waals surface area (Å²) in [4.78, 5) is 25.1. The highest BCUT2D eigenvalue weighted by Gasteiger charge is 2.33. The van der Waals surface area contributed by atoms with E-state index in [1.807, 2.05) is 42.5 Å². The van der Waals surface area contributed by atoms with Crippen LogP contribution in [-0.2, 0) is 4.79 Å². The predicted octanol–water partition coefficient (Wildman–Crippen LogP) is 7.27. The van der Waals surface area contributed by atoms with E-state index in [1.54, 1.807) is 12.1 Å². The lowest BCUT2D eigenvalue weighted by molar-refractivity contribution is -0.384. The van der Waals surface area contributed by atoms with Crippen molar-refractivity contribution in [2.24, 2.45) is 10.2 Å². The number of rotatable bonds is 5. The molecule has 1 aliphatic heterocycles. The molecule has 0 atom stereocenters. The van der Waals surface area contributed by atoms with Gasteiger partial charge in [-0.3, -0.25) is 19.8 Å². The van der Waals surface area contributed by atoms with E-state index in [1.165, 1.54) is 41.3 Å². The van der Waals surface area contributed by atoms with Crippen LogP contribution < -0.4 is 4.90 Å². The molecule has 1 saturated heterocycles. The van der Waals surface area contributed by atoms with Gasteiger partial charge in [-0.25, -0.2) is 0 Å². The summed E-state index contributed by atoms with van der Waals surface area (Å²) in [5.41, 5.74) is 1.94. The van der Waals surface area contributed by atoms with Crippen LogP contribution in [0.2, 0.25) is 0 Å². The van der Waals surface area contributed by atoms with Gasteiger partial charge in [0, 0.05) is 23.1 Å². The molecule has 8 nitrogen and oxygen atoms in total. The van der Waals surface area contributed by atoms with Crippen molar-refractivity contribution < 1.29 is 14.8 Å². The molecular formula is C26H16N4O4S2. The number of nitro benzene ring substituents is 1. The molecule has 0 spiro atoms. The Hall–Kier alpha value is -4.41. The van der Waals surface area contributed by atoms with Crippen molar-refractivity contribution in [3.63, 3.8) is 0 Å². The number of hydrogen-bond donors (Lipinski definition) is 1. The van der Waals surface area contributed by atoms with Crippen LogP contribution in [-0.4, -0.2) is 20.3 Å². The summed E-state index contributed by atoms with van der Waals surface area (Å²) in [6, 6.07) is 24.0. The van der Waals surface area contributed by atoms with Crippen molar-refractivity contribution in [2.45, 2.75) is 0 Å². The molecule has 0 radical (unpaired) electrons. The highest BCUT2D eigenvalue weighted by Crippen LogP contribution is 2.38. The Balaban J connectivity index is 1.42. The van der Waals surface area contributed by atoms with Gasteiger partial charge in [0.2, 0.25) is 0 Å². The van der Waals surface area contributed by atoms with Crippen LogP contribution >= 0.6 is 24.0 Å². The van der Waals surface area contributed by atoms with Crippen molar-refractivity contribution >= 4 is 73.8 Å². The molecule has 0 saturated carbocycles. The first kappa shape index (κ1) is 23.3. The van der Waals surface area contributed by atoms with E-state index in [2.05, 4.69) is 10.2 Å². The minimum atomic E-state index is -0.513. The minimum Gasteiger partial charge on any atom is -0.507 e. The first-order valence-electron chi connectivity index (χ1n) is 10.7. The van der Waals surface area contributed by atoms with Crippen molar-refractivity contribution in [1.29, 1.82) is 0 Å². The number of hydrogen-bond acceptors (Lipinski definition) is 8. The lowest BCUT2D eigenvalue weighted by Crippen LogP contribution is -2.27. The number of benzene rings is 4. The first-order chi connectivity index (χ1) is 17.4. The number of amides is 1. The van der Waals surface area contributed by atoms with Crippen LogP contribution in [0.15, 0.2) is 100 Å². The molecule has 4 aromatic carbocycles. The van der Waals surface area contributed by atoms with E-state index in [9.17, 15) is 20.0 Å². The summed E-state index contributed by atoms with van der Waals surface area (Å²) in [5.74, 6) is -0.416. The van der Waals surface area contributed by atoms with Gasteiger partial charge in [0.25, 0.3) is 11.6 Å². The summed E-state index contributed by atoms with van der Waals surface area (Å²) >= 11 is 6.45.